The number of ether oxygens (including phenoxy) is 6. The summed E-state index contributed by atoms with van der Waals surface area (Å²) in [4.78, 5) is 14.1. The average molecular weight is 706 g/mol. The van der Waals surface area contributed by atoms with Crippen LogP contribution in [0.25, 0.3) is 0 Å². The first-order chi connectivity index (χ1) is 21.6. The highest BCUT2D eigenvalue weighted by Crippen LogP contribution is 2.48. The van der Waals surface area contributed by atoms with Crippen LogP contribution in [0, 0.1) is 0 Å². The van der Waals surface area contributed by atoms with Crippen LogP contribution in [-0.4, -0.2) is 56.2 Å². The predicted molar refractivity (Wildman–Crippen MR) is 177 cm³/mol. The van der Waals surface area contributed by atoms with Gasteiger partial charge in [-0.15, -0.1) is 0 Å². The molecule has 4 unspecified atom stereocenters. The third-order valence-electron chi connectivity index (χ3n) is 7.62. The van der Waals surface area contributed by atoms with Gasteiger partial charge in [0.05, 0.1) is 52.4 Å². The molecule has 244 valence electrons. The second-order valence-corrected chi connectivity index (χ2v) is 12.7. The summed E-state index contributed by atoms with van der Waals surface area (Å²) in [6.07, 6.45) is 1.49. The molecule has 0 saturated carbocycles. The van der Waals surface area contributed by atoms with Crippen LogP contribution in [0.4, 0.5) is 10.5 Å². The predicted octanol–water partition coefficient (Wildman–Crippen LogP) is 8.62. The number of anilines is 1. The van der Waals surface area contributed by atoms with Crippen molar-refractivity contribution in [3.05, 3.63) is 64.1 Å². The zero-order chi connectivity index (χ0) is 32.7. The van der Waals surface area contributed by atoms with Crippen LogP contribution >= 0.6 is 27.7 Å². The third-order valence-corrected chi connectivity index (χ3v) is 9.61. The van der Waals surface area contributed by atoms with Crippen LogP contribution in [0.3, 0.4) is 0 Å². The molecular formula is C33H41BrN2O8S. The van der Waals surface area contributed by atoms with E-state index in [0.717, 1.165) is 26.9 Å². The lowest BCUT2D eigenvalue weighted by Crippen LogP contribution is -2.38. The average Bonchev–Trinajstić information content (AvgIpc) is 3.55. The monoisotopic (exact) mass is 704 g/mol. The van der Waals surface area contributed by atoms with Crippen LogP contribution in [0.15, 0.2) is 57.9 Å². The van der Waals surface area contributed by atoms with Gasteiger partial charge in [-0.2, -0.15) is 0 Å². The van der Waals surface area contributed by atoms with Gasteiger partial charge in [-0.3, -0.25) is 5.21 Å². The number of hydroxylamine groups is 2. The fraction of sp³-hybridized carbons (Fsp3) is 0.424. The number of rotatable bonds is 13. The number of hydrogen-bond donors (Lipinski definition) is 2. The highest BCUT2D eigenvalue weighted by Gasteiger charge is 2.32. The van der Waals surface area contributed by atoms with Crippen molar-refractivity contribution < 1.29 is 38.4 Å². The van der Waals surface area contributed by atoms with Crippen molar-refractivity contribution >= 4 is 39.4 Å². The normalized spacial score (nSPS) is 17.3. The Bertz CT molecular complexity index is 1450. The van der Waals surface area contributed by atoms with Crippen LogP contribution in [0.1, 0.15) is 63.4 Å². The first-order valence-electron chi connectivity index (χ1n) is 14.7. The van der Waals surface area contributed by atoms with Gasteiger partial charge in [-0.05, 0) is 96.6 Å². The first kappa shape index (κ1) is 34.6. The van der Waals surface area contributed by atoms with E-state index in [-0.39, 0.29) is 23.7 Å². The van der Waals surface area contributed by atoms with Gasteiger partial charge in [-0.25, -0.2) is 9.86 Å². The Morgan fingerprint density at radius 3 is 2.04 bits per heavy atom. The molecule has 45 heavy (non-hydrogen) atoms. The minimum atomic E-state index is -0.679. The fourth-order valence-electron chi connectivity index (χ4n) is 5.05. The molecule has 0 spiro atoms. The quantitative estimate of drug-likeness (QED) is 0.0782. The molecule has 3 aromatic carbocycles. The van der Waals surface area contributed by atoms with E-state index in [1.807, 2.05) is 62.4 Å². The summed E-state index contributed by atoms with van der Waals surface area (Å²) in [6.45, 7) is 5.57. The minimum absolute atomic E-state index is 0.234. The molecule has 0 radical (unpaired) electrons. The molecule has 0 aromatic heterocycles. The number of hydrogen-bond acceptors (Lipinski definition) is 9. The molecule has 1 saturated heterocycles. The SMILES string of the molecule is CCC(C)N(O)C(=O)Nc1cc(C2CCC(c3cc(OC)c(OC)c(OC)c3)O2)cc(OC)c1OC(C)Sc1ccccc1Br. The summed E-state index contributed by atoms with van der Waals surface area (Å²) in [5, 5.41) is 14.1. The van der Waals surface area contributed by atoms with Gasteiger partial charge in [0.25, 0.3) is 0 Å². The summed E-state index contributed by atoms with van der Waals surface area (Å²) in [5.41, 5.74) is 1.69. The summed E-state index contributed by atoms with van der Waals surface area (Å²) in [7, 11) is 6.28. The van der Waals surface area contributed by atoms with Crippen LogP contribution < -0.4 is 29.0 Å². The number of nitrogens with zero attached hydrogens (tertiary/aromatic N) is 1. The third kappa shape index (κ3) is 8.10. The topological polar surface area (TPSA) is 108 Å². The van der Waals surface area contributed by atoms with Crippen molar-refractivity contribution in [2.24, 2.45) is 0 Å². The van der Waals surface area contributed by atoms with Crippen molar-refractivity contribution in [3.63, 3.8) is 0 Å². The molecule has 4 atom stereocenters. The Balaban J connectivity index is 1.66. The summed E-state index contributed by atoms with van der Waals surface area (Å²) in [5.74, 6) is 2.39. The Kier molecular flexibility index (Phi) is 12.1. The summed E-state index contributed by atoms with van der Waals surface area (Å²) >= 11 is 5.10. The van der Waals surface area contributed by atoms with Crippen molar-refractivity contribution in [1.82, 2.24) is 5.06 Å². The van der Waals surface area contributed by atoms with Crippen LogP contribution in [-0.2, 0) is 4.74 Å². The molecule has 0 aliphatic carbocycles. The van der Waals surface area contributed by atoms with Crippen LogP contribution in [0.5, 0.6) is 28.7 Å². The maximum atomic E-state index is 13.1. The lowest BCUT2D eigenvalue weighted by Gasteiger charge is -2.25. The summed E-state index contributed by atoms with van der Waals surface area (Å²) < 4.78 is 36.3. The number of nitrogens with one attached hydrogen (secondary N) is 1. The standard InChI is InChI=1S/C33H41BrN2O8S/c1-8-19(2)36(38)33(37)35-24-15-21(16-27(39-4)31(24)43-20(3)45-30-12-10-9-11-23(30)34)25-13-14-26(44-25)22-17-28(40-5)32(42-7)29(18-22)41-6/h9-12,15-20,25-26,38H,8,13-14H2,1-7H3,(H,35,37). The Hall–Kier alpha value is -3.32. The summed E-state index contributed by atoms with van der Waals surface area (Å²) in [6, 6.07) is 14.3. The second-order valence-electron chi connectivity index (χ2n) is 10.5. The van der Waals surface area contributed by atoms with Gasteiger partial charge in [0.1, 0.15) is 5.44 Å². The maximum Gasteiger partial charge on any atom is 0.345 e. The van der Waals surface area contributed by atoms with Gasteiger partial charge < -0.3 is 33.7 Å². The van der Waals surface area contributed by atoms with Gasteiger partial charge >= 0.3 is 6.03 Å². The van der Waals surface area contributed by atoms with Crippen molar-refractivity contribution in [3.8, 4) is 28.7 Å². The highest BCUT2D eigenvalue weighted by atomic mass is 79.9. The Morgan fingerprint density at radius 1 is 0.956 bits per heavy atom. The highest BCUT2D eigenvalue weighted by molar-refractivity contribution is 9.10. The maximum absolute atomic E-state index is 13.1. The van der Waals surface area contributed by atoms with Crippen molar-refractivity contribution in [2.45, 2.75) is 68.6 Å². The van der Waals surface area contributed by atoms with E-state index < -0.39 is 6.03 Å². The number of carbonyl (C=O) groups is 1. The molecule has 3 aromatic rings. The fourth-order valence-corrected chi connectivity index (χ4v) is 6.45. The number of benzene rings is 3. The molecular weight excluding hydrogens is 664 g/mol. The number of urea groups is 1. The van der Waals surface area contributed by atoms with E-state index in [9.17, 15) is 10.0 Å². The van der Waals surface area contributed by atoms with E-state index in [1.54, 1.807) is 35.4 Å². The lowest BCUT2D eigenvalue weighted by molar-refractivity contribution is -0.0683. The Morgan fingerprint density at radius 2 is 1.51 bits per heavy atom. The van der Waals surface area contributed by atoms with E-state index in [4.69, 9.17) is 28.4 Å². The molecule has 1 fully saturated rings. The van der Waals surface area contributed by atoms with Crippen LogP contribution in [0.2, 0.25) is 0 Å². The molecule has 4 rings (SSSR count). The van der Waals surface area contributed by atoms with Gasteiger partial charge in [0.2, 0.25) is 5.75 Å². The smallest absolute Gasteiger partial charge is 0.345 e. The zero-order valence-corrected chi connectivity index (χ0v) is 29.0. The molecule has 1 heterocycles. The zero-order valence-electron chi connectivity index (χ0n) is 26.6. The van der Waals surface area contributed by atoms with E-state index >= 15 is 0 Å². The van der Waals surface area contributed by atoms with Gasteiger partial charge in [0, 0.05) is 9.37 Å². The number of halogens is 1. The number of methoxy groups -OCH3 is 4. The molecule has 0 bridgehead atoms. The van der Waals surface area contributed by atoms with Gasteiger partial charge in [-0.1, -0.05) is 30.8 Å². The second kappa shape index (κ2) is 15.8. The van der Waals surface area contributed by atoms with Gasteiger partial charge in [0.15, 0.2) is 23.0 Å². The first-order valence-corrected chi connectivity index (χ1v) is 16.3. The molecule has 2 amide bonds. The Labute approximate surface area is 277 Å². The number of carbonyl (C=O) groups excluding carboxylic acids is 1. The minimum Gasteiger partial charge on any atom is -0.493 e. The molecule has 10 nitrogen and oxygen atoms in total. The van der Waals surface area contributed by atoms with E-state index in [0.29, 0.717) is 52.3 Å². The molecule has 1 aliphatic rings. The van der Waals surface area contributed by atoms with Crippen molar-refractivity contribution in [1.29, 1.82) is 0 Å². The number of amides is 2. The van der Waals surface area contributed by atoms with E-state index in [2.05, 4.69) is 21.2 Å². The largest absolute Gasteiger partial charge is 0.493 e. The molecule has 12 heteroatoms. The number of thioether (sulfide) groups is 1. The van der Waals surface area contributed by atoms with Crippen molar-refractivity contribution in [2.75, 3.05) is 33.8 Å². The molecule has 2 N–H and O–H groups in total. The van der Waals surface area contributed by atoms with E-state index in [1.165, 1.54) is 11.8 Å². The molecule has 1 aliphatic heterocycles. The lowest BCUT2D eigenvalue weighted by atomic mass is 10.0.